The molecule has 0 bridgehead atoms. The molecule has 2 aromatic carbocycles. The molecule has 0 amide bonds. The maximum atomic E-state index is 14.2. The maximum absolute atomic E-state index is 14.2. The van der Waals surface area contributed by atoms with E-state index in [4.69, 9.17) is 9.72 Å². The van der Waals surface area contributed by atoms with Crippen molar-refractivity contribution in [2.24, 2.45) is 0 Å². The standard InChI is InChI=1S/C37H38FN7O2S/c1-43-15-13-27(14-16-43)26-9-11-31(12-10-26)41-37-39-22-30-21-29(7-4-6-28-5-2-3-8-32(28)38)36(46)45(35(30)42-37)24-34-33(40-25-48-34)23-44-17-19-47-20-18-44/h2-3,5,8-12,21-22,25,27H,6,13-20,23-24H2,1H3,(H,39,41,42). The molecule has 11 heteroatoms. The van der Waals surface area contributed by atoms with Crippen LogP contribution < -0.4 is 10.9 Å². The van der Waals surface area contributed by atoms with E-state index in [2.05, 4.69) is 68.2 Å². The highest BCUT2D eigenvalue weighted by molar-refractivity contribution is 7.09. The second kappa shape index (κ2) is 14.7. The van der Waals surface area contributed by atoms with Gasteiger partial charge in [0.1, 0.15) is 11.5 Å². The lowest BCUT2D eigenvalue weighted by molar-refractivity contribution is 0.0336. The minimum Gasteiger partial charge on any atom is -0.379 e. The Kier molecular flexibility index (Phi) is 9.86. The fourth-order valence-electron chi connectivity index (χ4n) is 6.31. The highest BCUT2D eigenvalue weighted by atomic mass is 32.1. The quantitative estimate of drug-likeness (QED) is 0.221. The molecule has 5 heterocycles. The molecule has 0 unspecified atom stereocenters. The molecule has 246 valence electrons. The van der Waals surface area contributed by atoms with Crippen LogP contribution in [0.25, 0.3) is 11.0 Å². The van der Waals surface area contributed by atoms with Crippen molar-refractivity contribution in [1.29, 1.82) is 0 Å². The van der Waals surface area contributed by atoms with Crippen LogP contribution in [0.4, 0.5) is 16.0 Å². The van der Waals surface area contributed by atoms with Gasteiger partial charge in [-0.25, -0.2) is 14.4 Å². The molecular formula is C37H38FN7O2S. The molecule has 9 nitrogen and oxygen atoms in total. The number of benzene rings is 2. The molecule has 2 saturated heterocycles. The van der Waals surface area contributed by atoms with Crippen LogP contribution >= 0.6 is 11.3 Å². The third-order valence-corrected chi connectivity index (χ3v) is 10.0. The van der Waals surface area contributed by atoms with E-state index >= 15 is 0 Å². The Hall–Kier alpha value is -4.47. The smallest absolute Gasteiger partial charge is 0.268 e. The number of piperidine rings is 1. The van der Waals surface area contributed by atoms with E-state index < -0.39 is 0 Å². The number of pyridine rings is 1. The summed E-state index contributed by atoms with van der Waals surface area (Å²) in [5.74, 6) is 6.68. The van der Waals surface area contributed by atoms with E-state index in [1.54, 1.807) is 35.0 Å². The molecule has 48 heavy (non-hydrogen) atoms. The average Bonchev–Trinajstić information content (AvgIpc) is 3.54. The summed E-state index contributed by atoms with van der Waals surface area (Å²) in [5, 5.41) is 4.03. The predicted octanol–water partition coefficient (Wildman–Crippen LogP) is 5.41. The minimum absolute atomic E-state index is 0.193. The molecule has 7 rings (SSSR count). The number of likely N-dealkylation sites (tertiary alicyclic amines) is 1. The number of hydrogen-bond donors (Lipinski definition) is 1. The maximum Gasteiger partial charge on any atom is 0.268 e. The van der Waals surface area contributed by atoms with Crippen molar-refractivity contribution in [3.8, 4) is 11.8 Å². The third-order valence-electron chi connectivity index (χ3n) is 9.15. The summed E-state index contributed by atoms with van der Waals surface area (Å²) in [5.41, 5.74) is 6.04. The Morgan fingerprint density at radius 1 is 1.02 bits per heavy atom. The molecule has 2 fully saturated rings. The molecular weight excluding hydrogens is 626 g/mol. The third kappa shape index (κ3) is 7.48. The highest BCUT2D eigenvalue weighted by Gasteiger charge is 2.20. The zero-order valence-electron chi connectivity index (χ0n) is 27.0. The van der Waals surface area contributed by atoms with Gasteiger partial charge in [0.2, 0.25) is 5.95 Å². The van der Waals surface area contributed by atoms with Crippen LogP contribution in [0.2, 0.25) is 0 Å². The summed E-state index contributed by atoms with van der Waals surface area (Å²) in [6.45, 7) is 6.30. The number of aromatic nitrogens is 4. The fourth-order valence-corrected chi connectivity index (χ4v) is 7.07. The van der Waals surface area contributed by atoms with Gasteiger partial charge in [0, 0.05) is 48.2 Å². The number of nitrogens with one attached hydrogen (secondary N) is 1. The lowest BCUT2D eigenvalue weighted by Crippen LogP contribution is -2.36. The lowest BCUT2D eigenvalue weighted by Gasteiger charge is -2.29. The zero-order valence-corrected chi connectivity index (χ0v) is 27.8. The summed E-state index contributed by atoms with van der Waals surface area (Å²) in [6, 6.07) is 16.8. The van der Waals surface area contributed by atoms with Gasteiger partial charge in [0.25, 0.3) is 5.56 Å². The monoisotopic (exact) mass is 663 g/mol. The first-order valence-corrected chi connectivity index (χ1v) is 17.3. The number of nitrogens with zero attached hydrogens (tertiary/aromatic N) is 6. The van der Waals surface area contributed by atoms with Crippen molar-refractivity contribution in [3.63, 3.8) is 0 Å². The molecule has 3 aromatic heterocycles. The van der Waals surface area contributed by atoms with Gasteiger partial charge >= 0.3 is 0 Å². The topological polar surface area (TPSA) is 88.4 Å². The second-order valence-corrected chi connectivity index (χ2v) is 13.4. The summed E-state index contributed by atoms with van der Waals surface area (Å²) in [4.78, 5) is 33.8. The summed E-state index contributed by atoms with van der Waals surface area (Å²) in [7, 11) is 2.18. The van der Waals surface area contributed by atoms with Crippen molar-refractivity contribution in [3.05, 3.63) is 110 Å². The van der Waals surface area contributed by atoms with E-state index in [1.807, 2.05) is 5.51 Å². The van der Waals surface area contributed by atoms with Gasteiger partial charge in [0.05, 0.1) is 36.5 Å². The molecule has 2 aliphatic rings. The number of anilines is 2. The van der Waals surface area contributed by atoms with Gasteiger partial charge in [-0.3, -0.25) is 14.3 Å². The van der Waals surface area contributed by atoms with Gasteiger partial charge in [-0.15, -0.1) is 11.3 Å². The van der Waals surface area contributed by atoms with Crippen molar-refractivity contribution < 1.29 is 9.13 Å². The van der Waals surface area contributed by atoms with Crippen LogP contribution in [0.5, 0.6) is 0 Å². The number of ether oxygens (including phenoxy) is 1. The fraction of sp³-hybridized carbons (Fsp3) is 0.351. The summed E-state index contributed by atoms with van der Waals surface area (Å²) < 4.78 is 21.4. The first-order chi connectivity index (χ1) is 23.5. The molecule has 2 aliphatic heterocycles. The predicted molar refractivity (Wildman–Crippen MR) is 187 cm³/mol. The van der Waals surface area contributed by atoms with Crippen LogP contribution in [0.1, 0.15) is 46.0 Å². The zero-order chi connectivity index (χ0) is 32.9. The summed E-state index contributed by atoms with van der Waals surface area (Å²) in [6.07, 6.45) is 4.24. The van der Waals surface area contributed by atoms with Gasteiger partial charge < -0.3 is 15.0 Å². The number of thiazole rings is 1. The van der Waals surface area contributed by atoms with Crippen molar-refractivity contribution in [2.75, 3.05) is 51.8 Å². The van der Waals surface area contributed by atoms with E-state index in [9.17, 15) is 9.18 Å². The van der Waals surface area contributed by atoms with Crippen LogP contribution in [0.3, 0.4) is 0 Å². The minimum atomic E-state index is -0.314. The first kappa shape index (κ1) is 32.1. The number of morpholine rings is 1. The van der Waals surface area contributed by atoms with Crippen molar-refractivity contribution in [2.45, 2.75) is 38.3 Å². The Labute approximate surface area is 283 Å². The second-order valence-electron chi connectivity index (χ2n) is 12.4. The molecule has 0 spiro atoms. The first-order valence-electron chi connectivity index (χ1n) is 16.4. The Morgan fingerprint density at radius 3 is 2.60 bits per heavy atom. The van der Waals surface area contributed by atoms with Gasteiger partial charge in [0.15, 0.2) is 0 Å². The molecule has 0 aliphatic carbocycles. The van der Waals surface area contributed by atoms with Gasteiger partial charge in [-0.1, -0.05) is 42.2 Å². The van der Waals surface area contributed by atoms with E-state index in [0.717, 1.165) is 55.3 Å². The van der Waals surface area contributed by atoms with Crippen LogP contribution in [0, 0.1) is 17.7 Å². The number of hydrogen-bond acceptors (Lipinski definition) is 9. The Morgan fingerprint density at radius 2 is 1.81 bits per heavy atom. The molecule has 5 aromatic rings. The van der Waals surface area contributed by atoms with Gasteiger partial charge in [-0.05, 0) is 74.3 Å². The SMILES string of the molecule is CN1CCC(c2ccc(Nc3ncc4cc(C#CCc5ccccc5F)c(=O)n(Cc5scnc5CN5CCOCC5)c4n3)cc2)CC1. The number of rotatable bonds is 8. The van der Waals surface area contributed by atoms with E-state index in [0.29, 0.717) is 60.3 Å². The molecule has 0 saturated carbocycles. The van der Waals surface area contributed by atoms with Crippen LogP contribution in [-0.2, 0) is 24.2 Å². The largest absolute Gasteiger partial charge is 0.379 e. The van der Waals surface area contributed by atoms with Crippen LogP contribution in [0.15, 0.2) is 71.1 Å². The van der Waals surface area contributed by atoms with Crippen LogP contribution in [-0.4, -0.2) is 75.8 Å². The van der Waals surface area contributed by atoms with E-state index in [-0.39, 0.29) is 17.8 Å². The molecule has 0 atom stereocenters. The number of halogens is 1. The molecule has 0 radical (unpaired) electrons. The average molecular weight is 664 g/mol. The highest BCUT2D eigenvalue weighted by Crippen LogP contribution is 2.29. The summed E-state index contributed by atoms with van der Waals surface area (Å²) >= 11 is 1.52. The van der Waals surface area contributed by atoms with Crippen molar-refractivity contribution in [1.82, 2.24) is 29.3 Å². The van der Waals surface area contributed by atoms with Gasteiger partial charge in [-0.2, -0.15) is 4.98 Å². The Balaban J connectivity index is 1.19. The lowest BCUT2D eigenvalue weighted by atomic mass is 9.89. The molecule has 1 N–H and O–H groups in total. The number of fused-ring (bicyclic) bond motifs is 1. The van der Waals surface area contributed by atoms with Crippen molar-refractivity contribution >= 4 is 34.0 Å². The normalized spacial score (nSPS) is 16.1. The van der Waals surface area contributed by atoms with E-state index in [1.165, 1.54) is 23.0 Å². The Bertz CT molecular complexity index is 2000.